The third-order valence-corrected chi connectivity index (χ3v) is 2.14. The summed E-state index contributed by atoms with van der Waals surface area (Å²) in [6.45, 7) is 3.13. The van der Waals surface area contributed by atoms with E-state index in [2.05, 4.69) is 4.99 Å². The summed E-state index contributed by atoms with van der Waals surface area (Å²) in [5.74, 6) is 0.574. The molecule has 0 unspecified atom stereocenters. The van der Waals surface area contributed by atoms with Crippen LogP contribution in [0.4, 0.5) is 0 Å². The van der Waals surface area contributed by atoms with Crippen molar-refractivity contribution in [1.29, 1.82) is 0 Å². The molecule has 0 spiro atoms. The first-order valence-corrected chi connectivity index (χ1v) is 4.06. The van der Waals surface area contributed by atoms with E-state index in [1.54, 1.807) is 6.07 Å². The number of carbonyl (C=O) groups excluding carboxylic acids is 1. The maximum Gasteiger partial charge on any atom is 0.298 e. The fraction of sp³-hybridized carbons (Fsp3) is 0.200. The molecule has 13 heavy (non-hydrogen) atoms. The second kappa shape index (κ2) is 3.01. The maximum absolute atomic E-state index is 10.1. The zero-order valence-corrected chi connectivity index (χ0v) is 7.28. The van der Waals surface area contributed by atoms with Crippen LogP contribution in [0.5, 0.6) is 5.75 Å². The Balaban J connectivity index is 2.41. The van der Waals surface area contributed by atoms with Crippen LogP contribution in [0.25, 0.3) is 0 Å². The summed E-state index contributed by atoms with van der Waals surface area (Å²) in [7, 11) is 0. The monoisotopic (exact) mass is 175 g/mol. The Kier molecular flexibility index (Phi) is 1.85. The summed E-state index contributed by atoms with van der Waals surface area (Å²) < 4.78 is 4.74. The molecule has 1 heterocycles. The summed E-state index contributed by atoms with van der Waals surface area (Å²) in [5, 5.41) is 0. The number of aliphatic imine (C=N–C) groups is 1. The number of ether oxygens (including phenoxy) is 1. The molecule has 0 saturated heterocycles. The van der Waals surface area contributed by atoms with Crippen molar-refractivity contribution in [3.8, 4) is 5.75 Å². The smallest absolute Gasteiger partial charge is 0.298 e. The summed E-state index contributed by atoms with van der Waals surface area (Å²) in [6.07, 6.45) is 0. The minimum Gasteiger partial charge on any atom is -0.429 e. The number of hydrogen-bond acceptors (Lipinski definition) is 3. The second-order valence-corrected chi connectivity index (χ2v) is 2.93. The van der Waals surface area contributed by atoms with Crippen molar-refractivity contribution in [2.24, 2.45) is 4.99 Å². The first-order chi connectivity index (χ1) is 6.31. The highest BCUT2D eigenvalue weighted by Crippen LogP contribution is 2.23. The SMILES string of the molecule is CC1=NCc2ccc(OC=O)cc21. The van der Waals surface area contributed by atoms with Gasteiger partial charge in [0.05, 0.1) is 6.54 Å². The van der Waals surface area contributed by atoms with Gasteiger partial charge in [-0.25, -0.2) is 0 Å². The second-order valence-electron chi connectivity index (χ2n) is 2.93. The Bertz CT molecular complexity index is 383. The molecule has 0 fully saturated rings. The van der Waals surface area contributed by atoms with Gasteiger partial charge in [-0.1, -0.05) is 6.07 Å². The molecule has 0 atom stereocenters. The zero-order chi connectivity index (χ0) is 9.26. The van der Waals surface area contributed by atoms with Crippen molar-refractivity contribution in [1.82, 2.24) is 0 Å². The van der Waals surface area contributed by atoms with Crippen LogP contribution >= 0.6 is 0 Å². The fourth-order valence-electron chi connectivity index (χ4n) is 1.45. The van der Waals surface area contributed by atoms with Gasteiger partial charge < -0.3 is 4.74 Å². The van der Waals surface area contributed by atoms with E-state index >= 15 is 0 Å². The molecular weight excluding hydrogens is 166 g/mol. The normalized spacial score (nSPS) is 13.5. The van der Waals surface area contributed by atoms with Gasteiger partial charge in [-0.2, -0.15) is 0 Å². The van der Waals surface area contributed by atoms with Gasteiger partial charge in [-0.3, -0.25) is 9.79 Å². The van der Waals surface area contributed by atoms with E-state index in [-0.39, 0.29) is 0 Å². The lowest BCUT2D eigenvalue weighted by molar-refractivity contribution is -0.120. The molecule has 0 aromatic heterocycles. The highest BCUT2D eigenvalue weighted by molar-refractivity contribution is 6.02. The fourth-order valence-corrected chi connectivity index (χ4v) is 1.45. The third-order valence-electron chi connectivity index (χ3n) is 2.14. The number of hydrogen-bond donors (Lipinski definition) is 0. The van der Waals surface area contributed by atoms with Gasteiger partial charge in [0.1, 0.15) is 5.75 Å². The largest absolute Gasteiger partial charge is 0.429 e. The summed E-state index contributed by atoms with van der Waals surface area (Å²) in [4.78, 5) is 14.4. The summed E-state index contributed by atoms with van der Waals surface area (Å²) >= 11 is 0. The Hall–Kier alpha value is -1.64. The molecule has 66 valence electrons. The van der Waals surface area contributed by atoms with Crippen LogP contribution in [0.1, 0.15) is 18.1 Å². The van der Waals surface area contributed by atoms with Crippen LogP contribution < -0.4 is 4.74 Å². The van der Waals surface area contributed by atoms with Crippen molar-refractivity contribution in [3.05, 3.63) is 29.3 Å². The predicted molar refractivity (Wildman–Crippen MR) is 49.0 cm³/mol. The molecule has 2 rings (SSSR count). The first-order valence-electron chi connectivity index (χ1n) is 4.06. The molecule has 1 aliphatic rings. The van der Waals surface area contributed by atoms with Crippen molar-refractivity contribution < 1.29 is 9.53 Å². The lowest BCUT2D eigenvalue weighted by atomic mass is 10.1. The number of nitrogens with zero attached hydrogens (tertiary/aromatic N) is 1. The van der Waals surface area contributed by atoms with E-state index in [9.17, 15) is 4.79 Å². The van der Waals surface area contributed by atoms with Crippen molar-refractivity contribution in [2.75, 3.05) is 0 Å². The van der Waals surface area contributed by atoms with E-state index in [0.29, 0.717) is 12.2 Å². The molecule has 3 heteroatoms. The van der Waals surface area contributed by atoms with Crippen molar-refractivity contribution in [2.45, 2.75) is 13.5 Å². The minimum atomic E-state index is 0.434. The van der Waals surface area contributed by atoms with Crippen LogP contribution in [-0.2, 0) is 11.3 Å². The zero-order valence-electron chi connectivity index (χ0n) is 7.28. The molecular formula is C10H9NO2. The van der Waals surface area contributed by atoms with Crippen LogP contribution in [0.15, 0.2) is 23.2 Å². The molecule has 3 nitrogen and oxygen atoms in total. The van der Waals surface area contributed by atoms with Gasteiger partial charge in [0.25, 0.3) is 6.47 Å². The number of rotatable bonds is 2. The molecule has 0 radical (unpaired) electrons. The molecule has 1 aromatic rings. The van der Waals surface area contributed by atoms with Crippen molar-refractivity contribution in [3.63, 3.8) is 0 Å². The van der Waals surface area contributed by atoms with Crippen LogP contribution in [-0.4, -0.2) is 12.2 Å². The molecule has 1 aliphatic heterocycles. The van der Waals surface area contributed by atoms with E-state index in [1.807, 2.05) is 19.1 Å². The molecule has 0 aliphatic carbocycles. The molecule has 0 N–H and O–H groups in total. The van der Waals surface area contributed by atoms with E-state index in [1.165, 1.54) is 5.56 Å². The average Bonchev–Trinajstić information content (AvgIpc) is 2.49. The minimum absolute atomic E-state index is 0.434. The predicted octanol–water partition coefficient (Wildman–Crippen LogP) is 1.54. The highest BCUT2D eigenvalue weighted by atomic mass is 16.5. The Morgan fingerprint density at radius 1 is 1.54 bits per heavy atom. The topological polar surface area (TPSA) is 38.7 Å². The highest BCUT2D eigenvalue weighted by Gasteiger charge is 2.12. The van der Waals surface area contributed by atoms with Gasteiger partial charge in [0.15, 0.2) is 0 Å². The van der Waals surface area contributed by atoms with E-state index in [0.717, 1.165) is 17.8 Å². The summed E-state index contributed by atoms with van der Waals surface area (Å²) in [6, 6.07) is 5.56. The Morgan fingerprint density at radius 2 is 2.38 bits per heavy atom. The van der Waals surface area contributed by atoms with Gasteiger partial charge in [0, 0.05) is 11.3 Å². The van der Waals surface area contributed by atoms with Gasteiger partial charge in [0.2, 0.25) is 0 Å². The molecule has 0 bridgehead atoms. The van der Waals surface area contributed by atoms with E-state index < -0.39 is 0 Å². The van der Waals surface area contributed by atoms with Crippen LogP contribution in [0.3, 0.4) is 0 Å². The first kappa shape index (κ1) is 7.98. The third kappa shape index (κ3) is 1.33. The maximum atomic E-state index is 10.1. The van der Waals surface area contributed by atoms with E-state index in [4.69, 9.17) is 4.74 Å². The number of fused-ring (bicyclic) bond motifs is 1. The number of carbonyl (C=O) groups is 1. The summed E-state index contributed by atoms with van der Waals surface area (Å²) in [5.41, 5.74) is 3.28. The molecule has 0 saturated carbocycles. The molecule has 1 aromatic carbocycles. The van der Waals surface area contributed by atoms with Gasteiger partial charge in [-0.05, 0) is 24.6 Å². The number of benzene rings is 1. The van der Waals surface area contributed by atoms with Crippen LogP contribution in [0.2, 0.25) is 0 Å². The Labute approximate surface area is 76.1 Å². The molecule has 0 amide bonds. The standard InChI is InChI=1S/C10H9NO2/c1-7-10-4-9(13-6-12)3-2-8(10)5-11-7/h2-4,6H,5H2,1H3. The van der Waals surface area contributed by atoms with Gasteiger partial charge in [-0.15, -0.1) is 0 Å². The van der Waals surface area contributed by atoms with Crippen molar-refractivity contribution >= 4 is 12.2 Å². The van der Waals surface area contributed by atoms with Crippen LogP contribution in [0, 0.1) is 0 Å². The average molecular weight is 175 g/mol. The lowest BCUT2D eigenvalue weighted by Gasteiger charge is -2.01. The van der Waals surface area contributed by atoms with Gasteiger partial charge >= 0.3 is 0 Å². The lowest BCUT2D eigenvalue weighted by Crippen LogP contribution is -1.94. The quantitative estimate of drug-likeness (QED) is 0.639. The Morgan fingerprint density at radius 3 is 3.15 bits per heavy atom.